The van der Waals surface area contributed by atoms with Crippen LogP contribution in [-0.4, -0.2) is 69.9 Å². The Kier molecular flexibility index (Phi) is 13.4. The molecule has 1 fully saturated rings. The predicted octanol–water partition coefficient (Wildman–Crippen LogP) is 5.85. The fraction of sp³-hybridized carbons (Fsp3) is 0.429. The highest BCUT2D eigenvalue weighted by Gasteiger charge is 2.23. The number of nitrogens with one attached hydrogen (secondary N) is 3. The third-order valence-electron chi connectivity index (χ3n) is 7.84. The second-order valence-corrected chi connectivity index (χ2v) is 11.0. The number of hydrogen-bond acceptors (Lipinski definition) is 7. The van der Waals surface area contributed by atoms with Gasteiger partial charge in [-0.15, -0.1) is 0 Å². The molecular formula is C35H46N4O5. The lowest BCUT2D eigenvalue weighted by atomic mass is 10.0. The van der Waals surface area contributed by atoms with Crippen LogP contribution in [0.4, 0.5) is 10.5 Å². The van der Waals surface area contributed by atoms with Gasteiger partial charge in [-0.3, -0.25) is 10.1 Å². The third-order valence-corrected chi connectivity index (χ3v) is 7.84. The molecule has 1 heterocycles. The zero-order valence-corrected chi connectivity index (χ0v) is 26.0. The van der Waals surface area contributed by atoms with E-state index >= 15 is 0 Å². The van der Waals surface area contributed by atoms with Crippen molar-refractivity contribution in [1.29, 1.82) is 0 Å². The van der Waals surface area contributed by atoms with Gasteiger partial charge in [0.15, 0.2) is 11.5 Å². The molecule has 3 aromatic rings. The number of unbranched alkanes of at least 4 members (excludes halogenated alkanes) is 2. The molecule has 4 rings (SSSR count). The van der Waals surface area contributed by atoms with E-state index < -0.39 is 6.09 Å². The zero-order chi connectivity index (χ0) is 31.0. The summed E-state index contributed by atoms with van der Waals surface area (Å²) >= 11 is 0. The van der Waals surface area contributed by atoms with E-state index in [1.54, 1.807) is 14.2 Å². The molecule has 0 radical (unpaired) electrons. The molecule has 0 aliphatic carbocycles. The van der Waals surface area contributed by atoms with Gasteiger partial charge < -0.3 is 29.7 Å². The van der Waals surface area contributed by atoms with Crippen LogP contribution < -0.4 is 25.4 Å². The number of likely N-dealkylation sites (tertiary alicyclic amines) is 1. The van der Waals surface area contributed by atoms with Crippen molar-refractivity contribution < 1.29 is 23.8 Å². The summed E-state index contributed by atoms with van der Waals surface area (Å²) in [6.45, 7) is 4.73. The monoisotopic (exact) mass is 602 g/mol. The summed E-state index contributed by atoms with van der Waals surface area (Å²) in [6.07, 6.45) is 4.51. The van der Waals surface area contributed by atoms with Gasteiger partial charge in [0.2, 0.25) is 5.91 Å². The van der Waals surface area contributed by atoms with Crippen LogP contribution in [0, 0.1) is 0 Å². The number of ether oxygens (including phenoxy) is 3. The van der Waals surface area contributed by atoms with Crippen molar-refractivity contribution >= 4 is 17.7 Å². The molecule has 0 bridgehead atoms. The van der Waals surface area contributed by atoms with Gasteiger partial charge >= 0.3 is 6.09 Å². The molecule has 9 heteroatoms. The highest BCUT2D eigenvalue weighted by molar-refractivity contribution is 5.91. The number of nitrogens with zero attached hydrogens (tertiary/aromatic N) is 1. The van der Waals surface area contributed by atoms with Crippen molar-refractivity contribution in [2.24, 2.45) is 0 Å². The van der Waals surface area contributed by atoms with Crippen molar-refractivity contribution in [2.45, 2.75) is 51.2 Å². The Morgan fingerprint density at radius 2 is 1.57 bits per heavy atom. The molecule has 3 N–H and O–H groups in total. The van der Waals surface area contributed by atoms with E-state index in [9.17, 15) is 9.59 Å². The maximum Gasteiger partial charge on any atom is 0.411 e. The molecule has 0 spiro atoms. The molecule has 0 saturated carbocycles. The number of piperidine rings is 1. The number of amides is 2. The number of rotatable bonds is 16. The summed E-state index contributed by atoms with van der Waals surface area (Å²) in [4.78, 5) is 27.3. The maximum absolute atomic E-state index is 12.6. The summed E-state index contributed by atoms with van der Waals surface area (Å²) in [5.74, 6) is 1.56. The Balaban J connectivity index is 1.02. The van der Waals surface area contributed by atoms with Crippen LogP contribution in [0.1, 0.15) is 44.1 Å². The smallest absolute Gasteiger partial charge is 0.411 e. The summed E-state index contributed by atoms with van der Waals surface area (Å²) in [6, 6.07) is 23.6. The number of para-hydroxylation sites is 1. The van der Waals surface area contributed by atoms with E-state index in [1.807, 2.05) is 72.8 Å². The lowest BCUT2D eigenvalue weighted by Gasteiger charge is -2.31. The Morgan fingerprint density at radius 1 is 0.841 bits per heavy atom. The van der Waals surface area contributed by atoms with Gasteiger partial charge in [-0.2, -0.15) is 0 Å². The number of carbonyl (C=O) groups excluding carboxylic acids is 2. The number of anilines is 1. The van der Waals surface area contributed by atoms with Gasteiger partial charge in [-0.1, -0.05) is 61.0 Å². The van der Waals surface area contributed by atoms with Crippen LogP contribution in [0.5, 0.6) is 11.5 Å². The van der Waals surface area contributed by atoms with Crippen LogP contribution in [0.2, 0.25) is 0 Å². The normalized spacial score (nSPS) is 13.7. The topological polar surface area (TPSA) is 101 Å². The van der Waals surface area contributed by atoms with Crippen LogP contribution in [0.3, 0.4) is 0 Å². The summed E-state index contributed by atoms with van der Waals surface area (Å²) in [7, 11) is 3.28. The molecule has 236 valence electrons. The van der Waals surface area contributed by atoms with Crippen LogP contribution in [-0.2, 0) is 16.1 Å². The second-order valence-electron chi connectivity index (χ2n) is 11.0. The van der Waals surface area contributed by atoms with E-state index in [4.69, 9.17) is 14.2 Å². The average molecular weight is 603 g/mol. The van der Waals surface area contributed by atoms with E-state index in [1.165, 1.54) is 0 Å². The number of benzene rings is 3. The van der Waals surface area contributed by atoms with Crippen molar-refractivity contribution in [3.05, 3.63) is 78.4 Å². The molecule has 9 nitrogen and oxygen atoms in total. The first-order valence-electron chi connectivity index (χ1n) is 15.6. The molecule has 44 heavy (non-hydrogen) atoms. The molecular weight excluding hydrogens is 556 g/mol. The molecule has 0 aromatic heterocycles. The standard InChI is InChI=1S/C35H46N4O5/c1-42-32-16-15-27(25-33(32)43-2)26-36-20-9-4-10-21-37-34(40)19-24-39-22-17-29(18-23-39)44-35(41)38-31-14-8-7-13-30(31)28-11-5-3-6-12-28/h3,5-8,11-16,25,29,36H,4,9-10,17-24,26H2,1-2H3,(H,37,40)(H,38,41). The fourth-order valence-electron chi connectivity index (χ4n) is 5.35. The number of carbonyl (C=O) groups is 2. The summed E-state index contributed by atoms with van der Waals surface area (Å²) in [5.41, 5.74) is 3.88. The van der Waals surface area contributed by atoms with Gasteiger partial charge in [0.1, 0.15) is 6.10 Å². The van der Waals surface area contributed by atoms with Crippen molar-refractivity contribution in [3.8, 4) is 22.6 Å². The van der Waals surface area contributed by atoms with Gasteiger partial charge in [0.05, 0.1) is 19.9 Å². The van der Waals surface area contributed by atoms with Crippen LogP contribution in [0.15, 0.2) is 72.8 Å². The van der Waals surface area contributed by atoms with E-state index in [0.717, 1.165) is 98.7 Å². The molecule has 1 saturated heterocycles. The maximum atomic E-state index is 12.6. The third kappa shape index (κ3) is 10.6. The SMILES string of the molecule is COc1ccc(CNCCCCCNC(=O)CCN2CCC(OC(=O)Nc3ccccc3-c3ccccc3)CC2)cc1OC. The fourth-order valence-corrected chi connectivity index (χ4v) is 5.35. The second kappa shape index (κ2) is 17.9. The Labute approximate surface area is 261 Å². The largest absolute Gasteiger partial charge is 0.493 e. The van der Waals surface area contributed by atoms with Gasteiger partial charge in [0.25, 0.3) is 0 Å². The Morgan fingerprint density at radius 3 is 2.34 bits per heavy atom. The first kappa shape index (κ1) is 32.8. The van der Waals surface area contributed by atoms with E-state index in [2.05, 4.69) is 20.9 Å². The first-order valence-corrected chi connectivity index (χ1v) is 15.6. The van der Waals surface area contributed by atoms with Crippen molar-refractivity contribution in [3.63, 3.8) is 0 Å². The number of hydrogen-bond donors (Lipinski definition) is 3. The molecule has 1 aliphatic rings. The Bertz CT molecular complexity index is 1310. The molecule has 2 amide bonds. The molecule has 0 atom stereocenters. The highest BCUT2D eigenvalue weighted by atomic mass is 16.6. The lowest BCUT2D eigenvalue weighted by molar-refractivity contribution is -0.121. The van der Waals surface area contributed by atoms with Crippen LogP contribution >= 0.6 is 0 Å². The van der Waals surface area contributed by atoms with E-state index in [0.29, 0.717) is 13.0 Å². The quantitative estimate of drug-likeness (QED) is 0.177. The van der Waals surface area contributed by atoms with Crippen LogP contribution in [0.25, 0.3) is 11.1 Å². The minimum absolute atomic E-state index is 0.0893. The molecule has 3 aromatic carbocycles. The minimum atomic E-state index is -0.431. The summed E-state index contributed by atoms with van der Waals surface area (Å²) < 4.78 is 16.4. The van der Waals surface area contributed by atoms with Gasteiger partial charge in [-0.05, 0) is 61.6 Å². The van der Waals surface area contributed by atoms with Crippen molar-refractivity contribution in [1.82, 2.24) is 15.5 Å². The first-order chi connectivity index (χ1) is 21.6. The lowest BCUT2D eigenvalue weighted by Crippen LogP contribution is -2.40. The zero-order valence-electron chi connectivity index (χ0n) is 26.0. The Hall–Kier alpha value is -4.08. The predicted molar refractivity (Wildman–Crippen MR) is 174 cm³/mol. The highest BCUT2D eigenvalue weighted by Crippen LogP contribution is 2.28. The number of methoxy groups -OCH3 is 2. The van der Waals surface area contributed by atoms with Gasteiger partial charge in [-0.25, -0.2) is 4.79 Å². The van der Waals surface area contributed by atoms with Crippen molar-refractivity contribution in [2.75, 3.05) is 52.3 Å². The minimum Gasteiger partial charge on any atom is -0.493 e. The van der Waals surface area contributed by atoms with Gasteiger partial charge in [0, 0.05) is 44.7 Å². The van der Waals surface area contributed by atoms with E-state index in [-0.39, 0.29) is 12.0 Å². The average Bonchev–Trinajstić information content (AvgIpc) is 3.06. The summed E-state index contributed by atoms with van der Waals surface area (Å²) in [5, 5.41) is 9.43. The molecule has 0 unspecified atom stereocenters. The molecule has 1 aliphatic heterocycles.